The van der Waals surface area contributed by atoms with E-state index in [0.29, 0.717) is 23.8 Å². The van der Waals surface area contributed by atoms with E-state index < -0.39 is 0 Å². The fourth-order valence-electron chi connectivity index (χ4n) is 3.00. The van der Waals surface area contributed by atoms with E-state index in [1.165, 1.54) is 5.56 Å². The Morgan fingerprint density at radius 1 is 1.07 bits per heavy atom. The number of aliphatic imine (C=N–C) groups is 1. The third-order valence-corrected chi connectivity index (χ3v) is 4.27. The summed E-state index contributed by atoms with van der Waals surface area (Å²) in [5.74, 6) is 7.03. The molecule has 0 aliphatic carbocycles. The molecule has 1 unspecified atom stereocenters. The van der Waals surface area contributed by atoms with Gasteiger partial charge in [0.05, 0.1) is 26.0 Å². The number of rotatable bonds is 9. The maximum Gasteiger partial charge on any atom is 0.165 e. The first-order valence-corrected chi connectivity index (χ1v) is 8.81. The van der Waals surface area contributed by atoms with Gasteiger partial charge in [0.1, 0.15) is 0 Å². The quantitative estimate of drug-likeness (QED) is 0.420. The average molecular weight is 368 g/mol. The van der Waals surface area contributed by atoms with Crippen molar-refractivity contribution < 1.29 is 9.47 Å². The minimum Gasteiger partial charge on any atom is -0.493 e. The van der Waals surface area contributed by atoms with Gasteiger partial charge in [-0.2, -0.15) is 5.10 Å². The van der Waals surface area contributed by atoms with Gasteiger partial charge >= 0.3 is 0 Å². The molecule has 0 fully saturated rings. The highest BCUT2D eigenvalue weighted by atomic mass is 16.5. The molecule has 0 aromatic heterocycles. The predicted molar refractivity (Wildman–Crippen MR) is 111 cm³/mol. The predicted octanol–water partition coefficient (Wildman–Crippen LogP) is 2.93. The molecule has 2 rings (SSSR count). The molecule has 1 atom stereocenters. The zero-order valence-corrected chi connectivity index (χ0v) is 16.4. The number of hydrogen-bond acceptors (Lipinski definition) is 6. The van der Waals surface area contributed by atoms with Crippen LogP contribution in [0.5, 0.6) is 11.5 Å². The Labute approximate surface area is 161 Å². The molecule has 0 radical (unpaired) electrons. The highest BCUT2D eigenvalue weighted by Crippen LogP contribution is 2.36. The lowest BCUT2D eigenvalue weighted by Gasteiger charge is -2.26. The molecule has 2 N–H and O–H groups in total. The lowest BCUT2D eigenvalue weighted by Crippen LogP contribution is -2.30. The highest BCUT2D eigenvalue weighted by Gasteiger charge is 2.25. The first-order valence-electron chi connectivity index (χ1n) is 8.81. The van der Waals surface area contributed by atoms with Gasteiger partial charge < -0.3 is 15.3 Å². The molecule has 0 heterocycles. The number of nitrogens with zero attached hydrogens (tertiary/aromatic N) is 3. The third-order valence-electron chi connectivity index (χ3n) is 4.27. The van der Waals surface area contributed by atoms with Crippen molar-refractivity contribution in [3.05, 3.63) is 59.7 Å². The number of ether oxygens (including phenoxy) is 2. The van der Waals surface area contributed by atoms with E-state index in [1.807, 2.05) is 55.4 Å². The van der Waals surface area contributed by atoms with E-state index in [0.717, 1.165) is 12.0 Å². The van der Waals surface area contributed by atoms with Crippen LogP contribution in [-0.2, 0) is 6.42 Å². The summed E-state index contributed by atoms with van der Waals surface area (Å²) in [7, 11) is 7.18. The molecular formula is C21H28N4O2. The minimum atomic E-state index is -0.208. The monoisotopic (exact) mass is 368 g/mol. The van der Waals surface area contributed by atoms with Crippen molar-refractivity contribution >= 4 is 11.9 Å². The number of hydrogen-bond donors (Lipinski definition) is 1. The van der Waals surface area contributed by atoms with Crippen LogP contribution in [0.3, 0.4) is 0 Å². The zero-order valence-electron chi connectivity index (χ0n) is 16.4. The van der Waals surface area contributed by atoms with Crippen molar-refractivity contribution in [3.8, 4) is 11.5 Å². The van der Waals surface area contributed by atoms with Crippen molar-refractivity contribution in [3.63, 3.8) is 0 Å². The molecule has 0 amide bonds. The normalized spacial score (nSPS) is 13.1. The summed E-state index contributed by atoms with van der Waals surface area (Å²) >= 11 is 0. The standard InChI is InChI=1S/C21H28N4O2/c1-25(2)20(17-11-8-12-19(26-3)21(17)27-4)18(24-22)15-23-14-13-16-9-6-5-7-10-16/h5-12,15,20H,13-14,22H2,1-4H3/b23-15?,24-18+. The summed E-state index contributed by atoms with van der Waals surface area (Å²) in [6.07, 6.45) is 2.61. The largest absolute Gasteiger partial charge is 0.493 e. The fourth-order valence-corrected chi connectivity index (χ4v) is 3.00. The maximum atomic E-state index is 5.70. The first kappa shape index (κ1) is 20.5. The van der Waals surface area contributed by atoms with Gasteiger partial charge in [-0.1, -0.05) is 42.5 Å². The van der Waals surface area contributed by atoms with Crippen LogP contribution in [0, 0.1) is 0 Å². The Bertz CT molecular complexity index is 773. The molecule has 2 aromatic carbocycles. The molecule has 0 bridgehead atoms. The van der Waals surface area contributed by atoms with Gasteiger partial charge in [0.15, 0.2) is 11.5 Å². The molecule has 0 spiro atoms. The fraction of sp³-hybridized carbons (Fsp3) is 0.333. The van der Waals surface area contributed by atoms with Crippen LogP contribution in [0.15, 0.2) is 58.6 Å². The molecule has 0 aliphatic heterocycles. The Balaban J connectivity index is 2.22. The van der Waals surface area contributed by atoms with E-state index in [-0.39, 0.29) is 6.04 Å². The van der Waals surface area contributed by atoms with Crippen molar-refractivity contribution in [1.82, 2.24) is 4.90 Å². The van der Waals surface area contributed by atoms with Crippen LogP contribution < -0.4 is 15.3 Å². The van der Waals surface area contributed by atoms with E-state index in [4.69, 9.17) is 15.3 Å². The SMILES string of the molecule is COc1cccc(C(/C(C=NCCc2ccccc2)=N/N)N(C)C)c1OC. The van der Waals surface area contributed by atoms with Gasteiger partial charge in [0.25, 0.3) is 0 Å². The molecule has 6 nitrogen and oxygen atoms in total. The number of benzene rings is 2. The van der Waals surface area contributed by atoms with E-state index >= 15 is 0 Å². The smallest absolute Gasteiger partial charge is 0.165 e. The third kappa shape index (κ3) is 5.31. The minimum absolute atomic E-state index is 0.208. The summed E-state index contributed by atoms with van der Waals surface area (Å²) < 4.78 is 11.0. The van der Waals surface area contributed by atoms with Crippen LogP contribution in [0.2, 0.25) is 0 Å². The van der Waals surface area contributed by atoms with Crippen LogP contribution >= 0.6 is 0 Å². The zero-order chi connectivity index (χ0) is 19.6. The van der Waals surface area contributed by atoms with E-state index in [1.54, 1.807) is 20.4 Å². The van der Waals surface area contributed by atoms with Crippen LogP contribution in [-0.4, -0.2) is 51.7 Å². The van der Waals surface area contributed by atoms with E-state index in [2.05, 4.69) is 22.2 Å². The molecule has 2 aromatic rings. The number of nitrogens with two attached hydrogens (primary N) is 1. The van der Waals surface area contributed by atoms with Gasteiger partial charge in [-0.15, -0.1) is 0 Å². The van der Waals surface area contributed by atoms with Crippen molar-refractivity contribution in [1.29, 1.82) is 0 Å². The van der Waals surface area contributed by atoms with Crippen molar-refractivity contribution in [2.45, 2.75) is 12.5 Å². The number of para-hydroxylation sites is 1. The lowest BCUT2D eigenvalue weighted by atomic mass is 9.99. The molecule has 27 heavy (non-hydrogen) atoms. The summed E-state index contributed by atoms with van der Waals surface area (Å²) in [5.41, 5.74) is 2.82. The second kappa shape index (κ2) is 10.3. The lowest BCUT2D eigenvalue weighted by molar-refractivity contribution is 0.329. The summed E-state index contributed by atoms with van der Waals surface area (Å²) in [5, 5.41) is 3.99. The van der Waals surface area contributed by atoms with Gasteiger partial charge in [-0.05, 0) is 32.1 Å². The maximum absolute atomic E-state index is 5.70. The van der Waals surface area contributed by atoms with Gasteiger partial charge in [0, 0.05) is 18.3 Å². The van der Waals surface area contributed by atoms with Gasteiger partial charge in [-0.25, -0.2) is 0 Å². The summed E-state index contributed by atoms with van der Waals surface area (Å²) in [4.78, 5) is 6.55. The van der Waals surface area contributed by atoms with Crippen LogP contribution in [0.25, 0.3) is 0 Å². The summed E-state index contributed by atoms with van der Waals surface area (Å²) in [6, 6.07) is 15.8. The second-order valence-corrected chi connectivity index (χ2v) is 6.27. The highest BCUT2D eigenvalue weighted by molar-refractivity contribution is 6.33. The molecule has 144 valence electrons. The van der Waals surface area contributed by atoms with Crippen molar-refractivity contribution in [2.24, 2.45) is 15.9 Å². The van der Waals surface area contributed by atoms with Crippen LogP contribution in [0.4, 0.5) is 0 Å². The second-order valence-electron chi connectivity index (χ2n) is 6.27. The molecule has 6 heteroatoms. The van der Waals surface area contributed by atoms with Crippen molar-refractivity contribution in [2.75, 3.05) is 34.9 Å². The number of methoxy groups -OCH3 is 2. The Kier molecular flexibility index (Phi) is 7.82. The molecule has 0 saturated heterocycles. The molecule has 0 saturated carbocycles. The average Bonchev–Trinajstić information content (AvgIpc) is 2.70. The Morgan fingerprint density at radius 3 is 2.41 bits per heavy atom. The van der Waals surface area contributed by atoms with Gasteiger partial charge in [0.2, 0.25) is 0 Å². The molecule has 0 aliphatic rings. The first-order chi connectivity index (χ1) is 13.1. The van der Waals surface area contributed by atoms with Gasteiger partial charge in [-0.3, -0.25) is 9.89 Å². The number of hydrazone groups is 1. The Hall–Kier alpha value is -2.86. The van der Waals surface area contributed by atoms with E-state index in [9.17, 15) is 0 Å². The summed E-state index contributed by atoms with van der Waals surface area (Å²) in [6.45, 7) is 0.665. The topological polar surface area (TPSA) is 72.4 Å². The molecular weight excluding hydrogens is 340 g/mol. The Morgan fingerprint density at radius 2 is 1.81 bits per heavy atom. The van der Waals surface area contributed by atoms with Crippen LogP contribution in [0.1, 0.15) is 17.2 Å².